The number of aromatic nitrogens is 2. The molecule has 3 heteroatoms. The summed E-state index contributed by atoms with van der Waals surface area (Å²) in [7, 11) is 0. The predicted molar refractivity (Wildman–Crippen MR) is 121 cm³/mol. The van der Waals surface area contributed by atoms with Gasteiger partial charge >= 0.3 is 0 Å². The van der Waals surface area contributed by atoms with Crippen LogP contribution in [-0.2, 0) is 0 Å². The molecule has 3 nitrogen and oxygen atoms in total. The van der Waals surface area contributed by atoms with Gasteiger partial charge in [-0.05, 0) is 67.1 Å². The van der Waals surface area contributed by atoms with E-state index in [9.17, 15) is 0 Å². The van der Waals surface area contributed by atoms with E-state index in [1.54, 1.807) is 0 Å². The van der Waals surface area contributed by atoms with Crippen LogP contribution in [0.4, 0.5) is 11.4 Å². The number of imidazole rings is 1. The van der Waals surface area contributed by atoms with Crippen LogP contribution in [0.5, 0.6) is 0 Å². The maximum Gasteiger partial charge on any atom is 0.145 e. The van der Waals surface area contributed by atoms with Gasteiger partial charge in [0.2, 0.25) is 0 Å². The first-order chi connectivity index (χ1) is 14.3. The third-order valence-corrected chi connectivity index (χ3v) is 5.11. The third-order valence-electron chi connectivity index (χ3n) is 5.11. The number of fused-ring (bicyclic) bond motifs is 1. The Bertz CT molecular complexity index is 1270. The summed E-state index contributed by atoms with van der Waals surface area (Å²) in [6.07, 6.45) is 0. The lowest BCUT2D eigenvalue weighted by atomic mass is 10.1. The maximum absolute atomic E-state index is 4.96. The van der Waals surface area contributed by atoms with E-state index in [4.69, 9.17) is 4.98 Å². The first kappa shape index (κ1) is 17.3. The zero-order chi connectivity index (χ0) is 19.6. The van der Waals surface area contributed by atoms with Crippen molar-refractivity contribution in [1.82, 2.24) is 9.55 Å². The van der Waals surface area contributed by atoms with Crippen molar-refractivity contribution in [2.45, 2.75) is 6.92 Å². The number of nitrogens with one attached hydrogen (secondary N) is 1. The number of rotatable bonds is 4. The number of anilines is 2. The number of para-hydroxylation sites is 4. The molecule has 0 saturated heterocycles. The summed E-state index contributed by atoms with van der Waals surface area (Å²) in [5, 5.41) is 3.50. The average molecular weight is 375 g/mol. The highest BCUT2D eigenvalue weighted by molar-refractivity contribution is 5.83. The molecular formula is C26H21N3. The van der Waals surface area contributed by atoms with Gasteiger partial charge in [0.15, 0.2) is 0 Å². The monoisotopic (exact) mass is 375 g/mol. The van der Waals surface area contributed by atoms with Gasteiger partial charge in [-0.15, -0.1) is 0 Å². The molecule has 0 aliphatic heterocycles. The SMILES string of the molecule is Cc1cc(-c2nc3ccccc3n2-c2ccccc2)ccc1Nc1ccccc1. The molecule has 0 aliphatic rings. The van der Waals surface area contributed by atoms with E-state index < -0.39 is 0 Å². The van der Waals surface area contributed by atoms with Gasteiger partial charge < -0.3 is 5.32 Å². The lowest BCUT2D eigenvalue weighted by Gasteiger charge is -2.13. The van der Waals surface area contributed by atoms with Crippen LogP contribution < -0.4 is 5.32 Å². The Labute approximate surface area is 170 Å². The Hall–Kier alpha value is -3.85. The second-order valence-electron chi connectivity index (χ2n) is 7.12. The van der Waals surface area contributed by atoms with Gasteiger partial charge in [-0.3, -0.25) is 4.57 Å². The standard InChI is InChI=1S/C26H21N3/c1-19-18-20(16-17-23(19)27-21-10-4-2-5-11-21)26-28-24-14-8-9-15-25(24)29(26)22-12-6-3-7-13-22/h2-18,27H,1H3. The van der Waals surface area contributed by atoms with Crippen molar-refractivity contribution in [2.24, 2.45) is 0 Å². The summed E-state index contributed by atoms with van der Waals surface area (Å²) in [5.74, 6) is 0.951. The molecule has 0 aliphatic carbocycles. The summed E-state index contributed by atoms with van der Waals surface area (Å²) in [6.45, 7) is 2.13. The van der Waals surface area contributed by atoms with Gasteiger partial charge in [-0.2, -0.15) is 0 Å². The molecule has 29 heavy (non-hydrogen) atoms. The Morgan fingerprint density at radius 3 is 2.17 bits per heavy atom. The highest BCUT2D eigenvalue weighted by Gasteiger charge is 2.14. The summed E-state index contributed by atoms with van der Waals surface area (Å²) < 4.78 is 2.23. The summed E-state index contributed by atoms with van der Waals surface area (Å²) >= 11 is 0. The molecule has 0 saturated carbocycles. The van der Waals surface area contributed by atoms with E-state index in [1.807, 2.05) is 30.3 Å². The quantitative estimate of drug-likeness (QED) is 0.377. The molecule has 0 bridgehead atoms. The Morgan fingerprint density at radius 2 is 1.41 bits per heavy atom. The Morgan fingerprint density at radius 1 is 0.724 bits per heavy atom. The molecule has 5 rings (SSSR count). The van der Waals surface area contributed by atoms with Crippen molar-refractivity contribution in [2.75, 3.05) is 5.32 Å². The largest absolute Gasteiger partial charge is 0.355 e. The van der Waals surface area contributed by atoms with Crippen molar-refractivity contribution in [3.05, 3.63) is 109 Å². The van der Waals surface area contributed by atoms with Crippen LogP contribution in [0.1, 0.15) is 5.56 Å². The molecule has 0 spiro atoms. The molecular weight excluding hydrogens is 354 g/mol. The van der Waals surface area contributed by atoms with Gasteiger partial charge in [0.1, 0.15) is 5.82 Å². The predicted octanol–water partition coefficient (Wildman–Crippen LogP) is 6.74. The smallest absolute Gasteiger partial charge is 0.145 e. The summed E-state index contributed by atoms with van der Waals surface area (Å²) in [4.78, 5) is 4.96. The molecule has 0 unspecified atom stereocenters. The van der Waals surface area contributed by atoms with E-state index in [0.717, 1.165) is 39.5 Å². The maximum atomic E-state index is 4.96. The molecule has 4 aromatic carbocycles. The van der Waals surface area contributed by atoms with E-state index in [1.165, 1.54) is 5.56 Å². The van der Waals surface area contributed by atoms with Crippen molar-refractivity contribution in [1.29, 1.82) is 0 Å². The number of benzene rings is 4. The van der Waals surface area contributed by atoms with Crippen molar-refractivity contribution < 1.29 is 0 Å². The van der Waals surface area contributed by atoms with E-state index >= 15 is 0 Å². The van der Waals surface area contributed by atoms with Gasteiger partial charge in [0, 0.05) is 22.6 Å². The fraction of sp³-hybridized carbons (Fsp3) is 0.0385. The number of hydrogen-bond acceptors (Lipinski definition) is 2. The summed E-state index contributed by atoms with van der Waals surface area (Å²) in [5.41, 5.74) is 7.68. The van der Waals surface area contributed by atoms with Gasteiger partial charge in [-0.1, -0.05) is 48.5 Å². The first-order valence-corrected chi connectivity index (χ1v) is 9.75. The van der Waals surface area contributed by atoms with Crippen molar-refractivity contribution in [3.8, 4) is 17.1 Å². The zero-order valence-corrected chi connectivity index (χ0v) is 16.2. The topological polar surface area (TPSA) is 29.9 Å². The number of hydrogen-bond donors (Lipinski definition) is 1. The van der Waals surface area contributed by atoms with Gasteiger partial charge in [-0.25, -0.2) is 4.98 Å². The van der Waals surface area contributed by atoms with E-state index in [2.05, 4.69) is 89.6 Å². The lowest BCUT2D eigenvalue weighted by Crippen LogP contribution is -1.98. The first-order valence-electron chi connectivity index (χ1n) is 9.75. The molecule has 5 aromatic rings. The highest BCUT2D eigenvalue weighted by Crippen LogP contribution is 2.31. The van der Waals surface area contributed by atoms with Gasteiger partial charge in [0.05, 0.1) is 11.0 Å². The fourth-order valence-corrected chi connectivity index (χ4v) is 3.68. The minimum atomic E-state index is 0.951. The summed E-state index contributed by atoms with van der Waals surface area (Å²) in [6, 6.07) is 35.4. The Balaban J connectivity index is 1.62. The molecule has 0 fully saturated rings. The highest BCUT2D eigenvalue weighted by atomic mass is 15.1. The van der Waals surface area contributed by atoms with Crippen LogP contribution in [0, 0.1) is 6.92 Å². The van der Waals surface area contributed by atoms with Crippen LogP contribution in [0.15, 0.2) is 103 Å². The Kier molecular flexibility index (Phi) is 4.34. The third kappa shape index (κ3) is 3.27. The molecule has 1 heterocycles. The average Bonchev–Trinajstić information content (AvgIpc) is 3.16. The van der Waals surface area contributed by atoms with E-state index in [0.29, 0.717) is 0 Å². The number of nitrogens with zero attached hydrogens (tertiary/aromatic N) is 2. The second-order valence-corrected chi connectivity index (χ2v) is 7.12. The zero-order valence-electron chi connectivity index (χ0n) is 16.2. The molecule has 0 amide bonds. The van der Waals surface area contributed by atoms with Crippen LogP contribution in [-0.4, -0.2) is 9.55 Å². The lowest BCUT2D eigenvalue weighted by molar-refractivity contribution is 1.10. The molecule has 0 atom stereocenters. The molecule has 1 aromatic heterocycles. The van der Waals surface area contributed by atoms with Crippen LogP contribution in [0.3, 0.4) is 0 Å². The van der Waals surface area contributed by atoms with Gasteiger partial charge in [0.25, 0.3) is 0 Å². The second kappa shape index (κ2) is 7.28. The van der Waals surface area contributed by atoms with E-state index in [-0.39, 0.29) is 0 Å². The minimum absolute atomic E-state index is 0.951. The fourth-order valence-electron chi connectivity index (χ4n) is 3.68. The molecule has 140 valence electrons. The molecule has 1 N–H and O–H groups in total. The normalized spacial score (nSPS) is 10.9. The van der Waals surface area contributed by atoms with Crippen molar-refractivity contribution in [3.63, 3.8) is 0 Å². The van der Waals surface area contributed by atoms with Crippen LogP contribution >= 0.6 is 0 Å². The molecule has 0 radical (unpaired) electrons. The van der Waals surface area contributed by atoms with Crippen LogP contribution in [0.25, 0.3) is 28.1 Å². The number of aryl methyl sites for hydroxylation is 1. The minimum Gasteiger partial charge on any atom is -0.355 e. The van der Waals surface area contributed by atoms with Crippen LogP contribution in [0.2, 0.25) is 0 Å². The van der Waals surface area contributed by atoms with Crippen molar-refractivity contribution >= 4 is 22.4 Å².